The molecule has 1 saturated heterocycles. The first-order valence-electron chi connectivity index (χ1n) is 12.9. The van der Waals surface area contributed by atoms with E-state index in [1.165, 1.54) is 20.1 Å². The topological polar surface area (TPSA) is 119 Å². The van der Waals surface area contributed by atoms with Crippen molar-refractivity contribution in [3.05, 3.63) is 58.3 Å². The highest BCUT2D eigenvalue weighted by atomic mass is 16.5. The molecule has 3 aromatic rings. The van der Waals surface area contributed by atoms with Crippen LogP contribution in [-0.2, 0) is 40.3 Å². The van der Waals surface area contributed by atoms with E-state index in [0.29, 0.717) is 38.4 Å². The van der Waals surface area contributed by atoms with Crippen molar-refractivity contribution >= 4 is 34.6 Å². The van der Waals surface area contributed by atoms with Gasteiger partial charge in [0.1, 0.15) is 12.4 Å². The second-order valence-electron chi connectivity index (χ2n) is 9.78. The molecule has 2 aromatic heterocycles. The Bertz CT molecular complexity index is 1440. The van der Waals surface area contributed by atoms with Gasteiger partial charge in [0.25, 0.3) is 5.56 Å². The van der Waals surface area contributed by atoms with Crippen LogP contribution < -0.4 is 15.8 Å². The molecule has 2 aliphatic rings. The molecule has 3 amide bonds. The maximum Gasteiger partial charge on any atom is 0.414 e. The lowest BCUT2D eigenvalue weighted by atomic mass is 10.0. The Kier molecular flexibility index (Phi) is 7.17. The first-order chi connectivity index (χ1) is 18.4. The molecule has 0 aliphatic carbocycles. The molecule has 5 rings (SSSR count). The first kappa shape index (κ1) is 25.5. The van der Waals surface area contributed by atoms with E-state index in [1.54, 1.807) is 26.6 Å². The summed E-state index contributed by atoms with van der Waals surface area (Å²) in [6.07, 6.45) is 4.04. The fraction of sp³-hybridized carbons (Fsp3) is 0.444. The number of aromatic nitrogens is 3. The van der Waals surface area contributed by atoms with E-state index in [-0.39, 0.29) is 30.0 Å². The average molecular weight is 521 g/mol. The molecule has 38 heavy (non-hydrogen) atoms. The number of anilines is 1. The van der Waals surface area contributed by atoms with Crippen LogP contribution in [0.15, 0.2) is 41.3 Å². The number of aryl methyl sites for hydroxylation is 3. The number of carbonyl (C=O) groups excluding carboxylic acids is 3. The lowest BCUT2D eigenvalue weighted by Gasteiger charge is -2.28. The van der Waals surface area contributed by atoms with Crippen LogP contribution in [0.25, 0.3) is 11.0 Å². The molecule has 200 valence electrons. The zero-order chi connectivity index (χ0) is 26.8. The maximum absolute atomic E-state index is 13.4. The van der Waals surface area contributed by atoms with Crippen molar-refractivity contribution < 1.29 is 19.1 Å². The number of nitrogens with one attached hydrogen (secondary N) is 1. The van der Waals surface area contributed by atoms with E-state index in [2.05, 4.69) is 5.32 Å². The summed E-state index contributed by atoms with van der Waals surface area (Å²) in [7, 11) is 1.37. The number of benzene rings is 1. The number of hydrogen-bond acceptors (Lipinski definition) is 6. The second kappa shape index (κ2) is 10.7. The molecule has 11 nitrogen and oxygen atoms in total. The van der Waals surface area contributed by atoms with Crippen molar-refractivity contribution in [1.29, 1.82) is 0 Å². The number of fused-ring (bicyclic) bond motifs is 3. The van der Waals surface area contributed by atoms with Gasteiger partial charge >= 0.3 is 6.09 Å². The van der Waals surface area contributed by atoms with Crippen LogP contribution in [-0.4, -0.2) is 69.7 Å². The zero-order valence-corrected chi connectivity index (χ0v) is 21.7. The second-order valence-corrected chi connectivity index (χ2v) is 9.78. The molecule has 11 heteroatoms. The Morgan fingerprint density at radius 2 is 2.00 bits per heavy atom. The number of amides is 3. The van der Waals surface area contributed by atoms with E-state index >= 15 is 0 Å². The number of likely N-dealkylation sites (tertiary alicyclic amines) is 1. The van der Waals surface area contributed by atoms with Gasteiger partial charge in [0.15, 0.2) is 0 Å². The third-order valence-corrected chi connectivity index (χ3v) is 7.29. The molecule has 4 heterocycles. The highest BCUT2D eigenvalue weighted by Gasteiger charge is 2.30. The number of methoxy groups -OCH3 is 1. The minimum absolute atomic E-state index is 0.0447. The molecule has 1 atom stereocenters. The van der Waals surface area contributed by atoms with Crippen molar-refractivity contribution in [2.45, 2.75) is 51.7 Å². The normalized spacial score (nSPS) is 16.9. The predicted octanol–water partition coefficient (Wildman–Crippen LogP) is 1.70. The monoisotopic (exact) mass is 520 g/mol. The first-order valence-corrected chi connectivity index (χ1v) is 12.9. The standard InChI is InChI=1S/C27H32N6O5/c1-18(34)28-19-10-14-31(16-19)25(36)17-33-22-9-8-21-20(6-5-13-32(21)27(37)38-2)26(22)29-23(33)11-15-30-12-4-3-7-24(30)35/h3-4,7-9,12,19H,5-6,10-11,13-17H2,1-2H3,(H,28,34)/t19-/m0/s1. The summed E-state index contributed by atoms with van der Waals surface area (Å²) in [6.45, 7) is 3.62. The molecular weight excluding hydrogens is 488 g/mol. The van der Waals surface area contributed by atoms with Crippen LogP contribution in [0.1, 0.15) is 31.2 Å². The minimum Gasteiger partial charge on any atom is -0.452 e. The molecule has 0 saturated carbocycles. The van der Waals surface area contributed by atoms with E-state index in [0.717, 1.165) is 41.5 Å². The van der Waals surface area contributed by atoms with Crippen LogP contribution in [0, 0.1) is 0 Å². The van der Waals surface area contributed by atoms with Gasteiger partial charge in [-0.05, 0) is 37.5 Å². The van der Waals surface area contributed by atoms with Crippen LogP contribution in [0.3, 0.4) is 0 Å². The molecule has 0 spiro atoms. The number of rotatable bonds is 6. The average Bonchev–Trinajstić information content (AvgIpc) is 3.51. The van der Waals surface area contributed by atoms with Gasteiger partial charge in [0.2, 0.25) is 11.8 Å². The van der Waals surface area contributed by atoms with Crippen molar-refractivity contribution in [2.24, 2.45) is 0 Å². The van der Waals surface area contributed by atoms with Gasteiger partial charge in [-0.25, -0.2) is 9.78 Å². The van der Waals surface area contributed by atoms with Gasteiger partial charge in [-0.1, -0.05) is 6.07 Å². The summed E-state index contributed by atoms with van der Waals surface area (Å²) >= 11 is 0. The smallest absolute Gasteiger partial charge is 0.414 e. The number of imidazole rings is 1. The summed E-state index contributed by atoms with van der Waals surface area (Å²) in [4.78, 5) is 57.9. The molecule has 1 aromatic carbocycles. The molecule has 0 unspecified atom stereocenters. The summed E-state index contributed by atoms with van der Waals surface area (Å²) < 4.78 is 8.53. The van der Waals surface area contributed by atoms with E-state index in [9.17, 15) is 19.2 Å². The van der Waals surface area contributed by atoms with E-state index in [1.807, 2.05) is 22.8 Å². The Balaban J connectivity index is 1.49. The Labute approximate surface area is 220 Å². The summed E-state index contributed by atoms with van der Waals surface area (Å²) in [6, 6.07) is 8.78. The third kappa shape index (κ3) is 5.00. The largest absolute Gasteiger partial charge is 0.452 e. The molecule has 2 aliphatic heterocycles. The summed E-state index contributed by atoms with van der Waals surface area (Å²) in [5.41, 5.74) is 3.21. The summed E-state index contributed by atoms with van der Waals surface area (Å²) in [5.74, 6) is 0.545. The van der Waals surface area contributed by atoms with Crippen molar-refractivity contribution in [1.82, 2.24) is 24.3 Å². The van der Waals surface area contributed by atoms with Gasteiger partial charge < -0.3 is 24.1 Å². The Hall–Kier alpha value is -4.15. The van der Waals surface area contributed by atoms with Crippen LogP contribution in [0.2, 0.25) is 0 Å². The van der Waals surface area contributed by atoms with E-state index < -0.39 is 6.09 Å². The molecule has 0 bridgehead atoms. The molecule has 1 fully saturated rings. The molecular formula is C27H32N6O5. The molecule has 0 radical (unpaired) electrons. The van der Waals surface area contributed by atoms with Crippen LogP contribution >= 0.6 is 0 Å². The van der Waals surface area contributed by atoms with Gasteiger partial charge in [-0.2, -0.15) is 0 Å². The highest BCUT2D eigenvalue weighted by Crippen LogP contribution is 2.34. The third-order valence-electron chi connectivity index (χ3n) is 7.29. The lowest BCUT2D eigenvalue weighted by molar-refractivity contribution is -0.131. The fourth-order valence-electron chi connectivity index (χ4n) is 5.48. The van der Waals surface area contributed by atoms with E-state index in [4.69, 9.17) is 9.72 Å². The number of nitrogens with zero attached hydrogens (tertiary/aromatic N) is 5. The van der Waals surface area contributed by atoms with Gasteiger partial charge in [0.05, 0.1) is 23.8 Å². The maximum atomic E-state index is 13.4. The number of ether oxygens (including phenoxy) is 1. The van der Waals surface area contributed by atoms with Gasteiger partial charge in [0, 0.05) is 63.4 Å². The van der Waals surface area contributed by atoms with Gasteiger partial charge in [-0.15, -0.1) is 0 Å². The quantitative estimate of drug-likeness (QED) is 0.529. The fourth-order valence-corrected chi connectivity index (χ4v) is 5.48. The Morgan fingerprint density at radius 1 is 1.16 bits per heavy atom. The zero-order valence-electron chi connectivity index (χ0n) is 21.7. The van der Waals surface area contributed by atoms with Crippen molar-refractivity contribution in [3.63, 3.8) is 0 Å². The number of carbonyl (C=O) groups is 3. The SMILES string of the molecule is COC(=O)N1CCCc2c1ccc1c2nc(CCn2ccccc2=O)n1CC(=O)N1CC[C@H](NC(C)=O)C1. The summed E-state index contributed by atoms with van der Waals surface area (Å²) in [5, 5.41) is 2.90. The van der Waals surface area contributed by atoms with Crippen LogP contribution in [0.5, 0.6) is 0 Å². The van der Waals surface area contributed by atoms with Crippen LogP contribution in [0.4, 0.5) is 10.5 Å². The Morgan fingerprint density at radius 3 is 2.76 bits per heavy atom. The van der Waals surface area contributed by atoms with Crippen molar-refractivity contribution in [2.75, 3.05) is 31.6 Å². The van der Waals surface area contributed by atoms with Gasteiger partial charge in [-0.3, -0.25) is 19.3 Å². The predicted molar refractivity (Wildman–Crippen MR) is 141 cm³/mol. The molecule has 1 N–H and O–H groups in total. The minimum atomic E-state index is -0.411. The number of hydrogen-bond donors (Lipinski definition) is 1. The number of pyridine rings is 1. The highest BCUT2D eigenvalue weighted by molar-refractivity contribution is 5.95. The van der Waals surface area contributed by atoms with Crippen molar-refractivity contribution in [3.8, 4) is 0 Å². The lowest BCUT2D eigenvalue weighted by Crippen LogP contribution is -2.38.